The van der Waals surface area contributed by atoms with E-state index < -0.39 is 0 Å². The van der Waals surface area contributed by atoms with E-state index in [1.54, 1.807) is 0 Å². The van der Waals surface area contributed by atoms with Crippen molar-refractivity contribution in [2.24, 2.45) is 5.73 Å². The molecular weight excluding hydrogens is 304 g/mol. The van der Waals surface area contributed by atoms with E-state index in [4.69, 9.17) is 10.5 Å². The Morgan fingerprint density at radius 2 is 2.29 bits per heavy atom. The summed E-state index contributed by atoms with van der Waals surface area (Å²) in [6.07, 6.45) is 0.195. The van der Waals surface area contributed by atoms with E-state index in [9.17, 15) is 0 Å². The molecule has 0 spiro atoms. The highest BCUT2D eigenvalue weighted by atomic mass is 79.9. The molecule has 0 aromatic heterocycles. The molecule has 1 aliphatic heterocycles. The summed E-state index contributed by atoms with van der Waals surface area (Å²) in [4.78, 5) is 2.39. The van der Waals surface area contributed by atoms with Crippen molar-refractivity contribution < 1.29 is 4.74 Å². The van der Waals surface area contributed by atoms with Crippen molar-refractivity contribution in [1.82, 2.24) is 4.90 Å². The summed E-state index contributed by atoms with van der Waals surface area (Å²) in [6.45, 7) is 4.29. The second-order valence-corrected chi connectivity index (χ2v) is 5.01. The van der Waals surface area contributed by atoms with Crippen LogP contribution < -0.4 is 5.73 Å². The summed E-state index contributed by atoms with van der Waals surface area (Å²) in [6, 6.07) is 8.43. The molecule has 1 aromatic carbocycles. The first-order valence-corrected chi connectivity index (χ1v) is 6.35. The molecule has 0 bridgehead atoms. The van der Waals surface area contributed by atoms with Crippen LogP contribution in [0.15, 0.2) is 28.7 Å². The molecule has 1 saturated heterocycles. The summed E-state index contributed by atoms with van der Waals surface area (Å²) >= 11 is 3.49. The quantitative estimate of drug-likeness (QED) is 0.926. The fourth-order valence-electron chi connectivity index (χ4n) is 1.96. The lowest BCUT2D eigenvalue weighted by Crippen LogP contribution is -2.45. The molecule has 1 aliphatic rings. The van der Waals surface area contributed by atoms with Crippen molar-refractivity contribution in [1.29, 1.82) is 0 Å². The van der Waals surface area contributed by atoms with Gasteiger partial charge >= 0.3 is 0 Å². The summed E-state index contributed by atoms with van der Waals surface area (Å²) in [7, 11) is 0. The van der Waals surface area contributed by atoms with E-state index in [0.717, 1.165) is 30.7 Å². The average molecular weight is 322 g/mol. The Morgan fingerprint density at radius 1 is 1.47 bits per heavy atom. The van der Waals surface area contributed by atoms with Gasteiger partial charge in [0.2, 0.25) is 0 Å². The van der Waals surface area contributed by atoms with Crippen molar-refractivity contribution in [3.63, 3.8) is 0 Å². The number of hydrogen-bond donors (Lipinski definition) is 1. The number of nitrogens with zero attached hydrogens (tertiary/aromatic N) is 1. The number of nitrogens with two attached hydrogens (primary N) is 1. The van der Waals surface area contributed by atoms with Crippen LogP contribution in [0.4, 0.5) is 0 Å². The number of hydrogen-bond acceptors (Lipinski definition) is 3. The first-order chi connectivity index (χ1) is 7.78. The zero-order valence-corrected chi connectivity index (χ0v) is 12.0. The highest BCUT2D eigenvalue weighted by Crippen LogP contribution is 2.15. The summed E-state index contributed by atoms with van der Waals surface area (Å²) in [5, 5.41) is 0. The Bertz CT molecular complexity index is 351. The molecule has 1 aromatic rings. The summed E-state index contributed by atoms with van der Waals surface area (Å²) in [5.74, 6) is 0. The summed E-state index contributed by atoms with van der Waals surface area (Å²) < 4.78 is 6.68. The molecule has 3 nitrogen and oxygen atoms in total. The van der Waals surface area contributed by atoms with Gasteiger partial charge in [0.1, 0.15) is 0 Å². The molecule has 1 atom stereocenters. The van der Waals surface area contributed by atoms with Crippen molar-refractivity contribution in [2.45, 2.75) is 12.6 Å². The number of halogens is 2. The molecule has 0 saturated carbocycles. The second-order valence-electron chi connectivity index (χ2n) is 4.09. The normalized spacial score (nSPS) is 20.9. The van der Waals surface area contributed by atoms with Gasteiger partial charge in [0, 0.05) is 30.7 Å². The minimum absolute atomic E-state index is 0. The van der Waals surface area contributed by atoms with Crippen LogP contribution >= 0.6 is 28.3 Å². The van der Waals surface area contributed by atoms with Crippen LogP contribution in [-0.4, -0.2) is 37.2 Å². The maximum atomic E-state index is 5.62. The minimum Gasteiger partial charge on any atom is -0.374 e. The van der Waals surface area contributed by atoms with E-state index in [-0.39, 0.29) is 18.5 Å². The van der Waals surface area contributed by atoms with E-state index in [0.29, 0.717) is 6.54 Å². The number of ether oxygens (including phenoxy) is 1. The Hall–Kier alpha value is -0.130. The van der Waals surface area contributed by atoms with Crippen molar-refractivity contribution >= 4 is 28.3 Å². The molecule has 0 aliphatic carbocycles. The zero-order valence-electron chi connectivity index (χ0n) is 9.64. The first-order valence-electron chi connectivity index (χ1n) is 5.56. The van der Waals surface area contributed by atoms with Gasteiger partial charge in [0.25, 0.3) is 0 Å². The Labute approximate surface area is 117 Å². The molecule has 0 radical (unpaired) electrons. The largest absolute Gasteiger partial charge is 0.374 e. The van der Waals surface area contributed by atoms with Crippen molar-refractivity contribution in [2.75, 3.05) is 26.2 Å². The van der Waals surface area contributed by atoms with Gasteiger partial charge in [-0.25, -0.2) is 0 Å². The number of rotatable bonds is 3. The third kappa shape index (κ3) is 4.56. The van der Waals surface area contributed by atoms with Crippen LogP contribution in [0.1, 0.15) is 5.56 Å². The summed E-state index contributed by atoms with van der Waals surface area (Å²) in [5.41, 5.74) is 6.95. The minimum atomic E-state index is 0. The van der Waals surface area contributed by atoms with Crippen LogP contribution in [0, 0.1) is 0 Å². The van der Waals surface area contributed by atoms with Gasteiger partial charge in [0.15, 0.2) is 0 Å². The molecule has 2 N–H and O–H groups in total. The second kappa shape index (κ2) is 7.34. The molecule has 1 heterocycles. The first kappa shape index (κ1) is 14.9. The van der Waals surface area contributed by atoms with E-state index >= 15 is 0 Å². The molecule has 17 heavy (non-hydrogen) atoms. The topological polar surface area (TPSA) is 38.5 Å². The van der Waals surface area contributed by atoms with Crippen molar-refractivity contribution in [3.05, 3.63) is 34.3 Å². The fraction of sp³-hybridized carbons (Fsp3) is 0.500. The molecule has 1 fully saturated rings. The van der Waals surface area contributed by atoms with Crippen LogP contribution in [0.25, 0.3) is 0 Å². The maximum Gasteiger partial charge on any atom is 0.0824 e. The van der Waals surface area contributed by atoms with E-state index in [1.807, 2.05) is 6.07 Å². The average Bonchev–Trinajstić information content (AvgIpc) is 2.29. The van der Waals surface area contributed by atoms with Crippen LogP contribution in [0.5, 0.6) is 0 Å². The molecular formula is C12H18BrClN2O. The lowest BCUT2D eigenvalue weighted by Gasteiger charge is -2.32. The van der Waals surface area contributed by atoms with E-state index in [1.165, 1.54) is 5.56 Å². The standard InChI is InChI=1S/C12H17BrN2O.ClH/c13-11-3-1-2-10(6-11)8-15-4-5-16-12(7-14)9-15;/h1-3,6,12H,4-5,7-9,14H2;1H. The van der Waals surface area contributed by atoms with Crippen molar-refractivity contribution in [3.8, 4) is 0 Å². The highest BCUT2D eigenvalue weighted by Gasteiger charge is 2.18. The predicted octanol–water partition coefficient (Wildman–Crippen LogP) is 2.03. The molecule has 0 amide bonds. The monoisotopic (exact) mass is 320 g/mol. The van der Waals surface area contributed by atoms with Crippen LogP contribution in [0.3, 0.4) is 0 Å². The Balaban J connectivity index is 0.00000144. The zero-order chi connectivity index (χ0) is 11.4. The van der Waals surface area contributed by atoms with Crippen LogP contribution in [0.2, 0.25) is 0 Å². The Kier molecular flexibility index (Phi) is 6.44. The van der Waals surface area contributed by atoms with Gasteiger partial charge in [-0.15, -0.1) is 12.4 Å². The fourth-order valence-corrected chi connectivity index (χ4v) is 2.41. The van der Waals surface area contributed by atoms with E-state index in [2.05, 4.69) is 39.0 Å². The third-order valence-electron chi connectivity index (χ3n) is 2.78. The van der Waals surface area contributed by atoms with Gasteiger partial charge in [0.05, 0.1) is 12.7 Å². The Morgan fingerprint density at radius 3 is 3.00 bits per heavy atom. The molecule has 5 heteroatoms. The highest BCUT2D eigenvalue weighted by molar-refractivity contribution is 9.10. The predicted molar refractivity (Wildman–Crippen MR) is 75.5 cm³/mol. The smallest absolute Gasteiger partial charge is 0.0824 e. The van der Waals surface area contributed by atoms with Crippen LogP contribution in [-0.2, 0) is 11.3 Å². The molecule has 1 unspecified atom stereocenters. The van der Waals surface area contributed by atoms with Gasteiger partial charge in [-0.05, 0) is 17.7 Å². The molecule has 96 valence electrons. The SMILES string of the molecule is Cl.NCC1CN(Cc2cccc(Br)c2)CCO1. The van der Waals surface area contributed by atoms with Gasteiger partial charge < -0.3 is 10.5 Å². The lowest BCUT2D eigenvalue weighted by atomic mass is 10.2. The third-order valence-corrected chi connectivity index (χ3v) is 3.27. The molecule has 2 rings (SSSR count). The lowest BCUT2D eigenvalue weighted by molar-refractivity contribution is -0.0260. The number of benzene rings is 1. The van der Waals surface area contributed by atoms with Gasteiger partial charge in [-0.2, -0.15) is 0 Å². The van der Waals surface area contributed by atoms with Gasteiger partial charge in [-0.1, -0.05) is 28.1 Å². The van der Waals surface area contributed by atoms with Gasteiger partial charge in [-0.3, -0.25) is 4.90 Å². The number of morpholine rings is 1. The maximum absolute atomic E-state index is 5.62.